The smallest absolute Gasteiger partial charge is 0.0158 e. The van der Waals surface area contributed by atoms with Gasteiger partial charge >= 0.3 is 0 Å². The van der Waals surface area contributed by atoms with Gasteiger partial charge < -0.3 is 5.73 Å². The minimum Gasteiger partial charge on any atom is -0.326 e. The third-order valence-corrected chi connectivity index (χ3v) is 3.74. The summed E-state index contributed by atoms with van der Waals surface area (Å²) in [5.41, 5.74) is 5.96. The summed E-state index contributed by atoms with van der Waals surface area (Å²) in [6, 6.07) is 0.737. The molecule has 3 heteroatoms. The minimum absolute atomic E-state index is 0.00961. The Balaban J connectivity index is 2.27. The van der Waals surface area contributed by atoms with Gasteiger partial charge in [0.25, 0.3) is 0 Å². The minimum atomic E-state index is -0.00961. The molecule has 0 aromatic heterocycles. The maximum Gasteiger partial charge on any atom is 0.0158 e. The molecule has 0 radical (unpaired) electrons. The first-order chi connectivity index (χ1) is 5.99. The number of nitrogens with zero attached hydrogens (tertiary/aromatic N) is 1. The van der Waals surface area contributed by atoms with Crippen LogP contribution in [0.25, 0.3) is 0 Å². The second-order valence-corrected chi connectivity index (χ2v) is 5.85. The first-order valence-corrected chi connectivity index (χ1v) is 6.25. The van der Waals surface area contributed by atoms with Crippen molar-refractivity contribution in [3.05, 3.63) is 0 Å². The number of nitrogens with two attached hydrogens (primary N) is 1. The molecule has 0 aromatic rings. The van der Waals surface area contributed by atoms with E-state index >= 15 is 0 Å². The average Bonchev–Trinajstić information content (AvgIpc) is 2.01. The lowest BCUT2D eigenvalue weighted by atomic mass is 10.0. The summed E-state index contributed by atoms with van der Waals surface area (Å²) < 4.78 is 0. The van der Waals surface area contributed by atoms with E-state index < -0.39 is 0 Å². The van der Waals surface area contributed by atoms with Gasteiger partial charge in [-0.1, -0.05) is 0 Å². The summed E-state index contributed by atoms with van der Waals surface area (Å²) in [4.78, 5) is 2.56. The van der Waals surface area contributed by atoms with Crippen molar-refractivity contribution < 1.29 is 0 Å². The molecule has 1 unspecified atom stereocenters. The van der Waals surface area contributed by atoms with Crippen LogP contribution in [0.5, 0.6) is 0 Å². The highest BCUT2D eigenvalue weighted by atomic mass is 32.2. The Morgan fingerprint density at radius 1 is 1.54 bits per heavy atom. The van der Waals surface area contributed by atoms with Crippen molar-refractivity contribution in [3.63, 3.8) is 0 Å². The van der Waals surface area contributed by atoms with E-state index in [9.17, 15) is 0 Å². The van der Waals surface area contributed by atoms with Crippen LogP contribution in [0.1, 0.15) is 27.2 Å². The topological polar surface area (TPSA) is 29.3 Å². The monoisotopic (exact) mass is 202 g/mol. The predicted octanol–water partition coefficient (Wildman–Crippen LogP) is 1.55. The van der Waals surface area contributed by atoms with E-state index in [1.807, 2.05) is 0 Å². The zero-order chi connectivity index (χ0) is 9.90. The molecule has 13 heavy (non-hydrogen) atoms. The zero-order valence-corrected chi connectivity index (χ0v) is 9.86. The van der Waals surface area contributed by atoms with E-state index in [1.165, 1.54) is 18.1 Å². The normalized spacial score (nSPS) is 26.3. The Labute approximate surface area is 86.2 Å². The molecule has 78 valence electrons. The van der Waals surface area contributed by atoms with Crippen LogP contribution >= 0.6 is 11.8 Å². The maximum atomic E-state index is 5.97. The summed E-state index contributed by atoms with van der Waals surface area (Å²) in [7, 11) is 0. The van der Waals surface area contributed by atoms with Crippen molar-refractivity contribution in [1.29, 1.82) is 0 Å². The van der Waals surface area contributed by atoms with Crippen LogP contribution in [-0.4, -0.2) is 41.1 Å². The van der Waals surface area contributed by atoms with Crippen LogP contribution in [0.3, 0.4) is 0 Å². The third-order valence-electron chi connectivity index (χ3n) is 2.55. The van der Waals surface area contributed by atoms with Crippen molar-refractivity contribution in [2.45, 2.75) is 38.8 Å². The van der Waals surface area contributed by atoms with Gasteiger partial charge in [-0.2, -0.15) is 11.8 Å². The number of hydrogen-bond acceptors (Lipinski definition) is 3. The summed E-state index contributed by atoms with van der Waals surface area (Å²) in [6.45, 7) is 8.93. The summed E-state index contributed by atoms with van der Waals surface area (Å²) in [5, 5.41) is 0. The molecule has 2 nitrogen and oxygen atoms in total. The molecule has 2 N–H and O–H groups in total. The van der Waals surface area contributed by atoms with Crippen LogP contribution in [0.15, 0.2) is 0 Å². The van der Waals surface area contributed by atoms with Gasteiger partial charge in [0.05, 0.1) is 0 Å². The summed E-state index contributed by atoms with van der Waals surface area (Å²) in [5.74, 6) is 2.57. The van der Waals surface area contributed by atoms with E-state index in [2.05, 4.69) is 37.4 Å². The van der Waals surface area contributed by atoms with Crippen LogP contribution in [0.2, 0.25) is 0 Å². The van der Waals surface area contributed by atoms with Crippen LogP contribution < -0.4 is 5.73 Å². The first-order valence-electron chi connectivity index (χ1n) is 5.10. The second-order valence-electron chi connectivity index (χ2n) is 4.70. The molecule has 0 aliphatic carbocycles. The number of rotatable bonds is 3. The van der Waals surface area contributed by atoms with Crippen molar-refractivity contribution in [1.82, 2.24) is 4.90 Å². The Morgan fingerprint density at radius 3 is 2.77 bits per heavy atom. The Morgan fingerprint density at radius 2 is 2.23 bits per heavy atom. The molecule has 1 atom stereocenters. The molecule has 1 aliphatic rings. The van der Waals surface area contributed by atoms with Gasteiger partial charge in [0.2, 0.25) is 0 Å². The molecule has 0 aromatic carbocycles. The second kappa shape index (κ2) is 4.67. The van der Waals surface area contributed by atoms with E-state index in [0.29, 0.717) is 0 Å². The van der Waals surface area contributed by atoms with Crippen molar-refractivity contribution in [3.8, 4) is 0 Å². The lowest BCUT2D eigenvalue weighted by Crippen LogP contribution is -2.44. The lowest BCUT2D eigenvalue weighted by Gasteiger charge is -2.34. The molecule has 0 bridgehead atoms. The van der Waals surface area contributed by atoms with Crippen molar-refractivity contribution in [2.24, 2.45) is 5.73 Å². The van der Waals surface area contributed by atoms with Gasteiger partial charge in [0.1, 0.15) is 0 Å². The first kappa shape index (κ1) is 11.3. The predicted molar refractivity (Wildman–Crippen MR) is 61.2 cm³/mol. The highest BCUT2D eigenvalue weighted by Crippen LogP contribution is 2.17. The maximum absolute atomic E-state index is 5.97. The molecule has 0 spiro atoms. The molecule has 1 rings (SSSR count). The van der Waals surface area contributed by atoms with Gasteiger partial charge in [-0.15, -0.1) is 0 Å². The molecule has 1 aliphatic heterocycles. The van der Waals surface area contributed by atoms with E-state index in [4.69, 9.17) is 5.73 Å². The largest absolute Gasteiger partial charge is 0.326 e. The standard InChI is InChI=1S/C10H22N2S/c1-9-8-13-7-6-12(9)5-4-10(2,3)11/h9H,4-8,11H2,1-3H3. The van der Waals surface area contributed by atoms with Gasteiger partial charge in [-0.3, -0.25) is 4.90 Å². The Kier molecular flexibility index (Phi) is 4.07. The van der Waals surface area contributed by atoms with Crippen molar-refractivity contribution in [2.75, 3.05) is 24.6 Å². The van der Waals surface area contributed by atoms with E-state index in [-0.39, 0.29) is 5.54 Å². The zero-order valence-electron chi connectivity index (χ0n) is 9.05. The fourth-order valence-electron chi connectivity index (χ4n) is 1.53. The van der Waals surface area contributed by atoms with Crippen molar-refractivity contribution >= 4 is 11.8 Å². The molecule has 0 saturated carbocycles. The highest BCUT2D eigenvalue weighted by Gasteiger charge is 2.20. The quantitative estimate of drug-likeness (QED) is 0.753. The van der Waals surface area contributed by atoms with Gasteiger partial charge in [-0.05, 0) is 27.2 Å². The molecule has 1 heterocycles. The summed E-state index contributed by atoms with van der Waals surface area (Å²) in [6.07, 6.45) is 1.10. The van der Waals surface area contributed by atoms with Gasteiger partial charge in [0, 0.05) is 36.2 Å². The lowest BCUT2D eigenvalue weighted by molar-refractivity contribution is 0.213. The molecular formula is C10H22N2S. The van der Waals surface area contributed by atoms with E-state index in [0.717, 1.165) is 19.0 Å². The third kappa shape index (κ3) is 4.34. The Bertz CT molecular complexity index is 153. The Hall–Kier alpha value is 0.270. The number of thioether (sulfide) groups is 1. The average molecular weight is 202 g/mol. The number of hydrogen-bond donors (Lipinski definition) is 1. The summed E-state index contributed by atoms with van der Waals surface area (Å²) >= 11 is 2.07. The SMILES string of the molecule is CC1CSCCN1CCC(C)(C)N. The highest BCUT2D eigenvalue weighted by molar-refractivity contribution is 7.99. The molecule has 1 saturated heterocycles. The van der Waals surface area contributed by atoms with Crippen LogP contribution in [0, 0.1) is 0 Å². The van der Waals surface area contributed by atoms with Crippen LogP contribution in [-0.2, 0) is 0 Å². The fourth-order valence-corrected chi connectivity index (χ4v) is 2.61. The fraction of sp³-hybridized carbons (Fsp3) is 1.00. The molecule has 1 fully saturated rings. The van der Waals surface area contributed by atoms with Gasteiger partial charge in [0.15, 0.2) is 0 Å². The molecule has 0 amide bonds. The van der Waals surface area contributed by atoms with Crippen LogP contribution in [0.4, 0.5) is 0 Å². The molecular weight excluding hydrogens is 180 g/mol. The van der Waals surface area contributed by atoms with Gasteiger partial charge in [-0.25, -0.2) is 0 Å². The van der Waals surface area contributed by atoms with E-state index in [1.54, 1.807) is 0 Å².